The Bertz CT molecular complexity index is 3990. The molecule has 12 unspecified atom stereocenters. The molecule has 19 saturated carbocycles. The summed E-state index contributed by atoms with van der Waals surface area (Å²) in [6, 6.07) is 8.81. The van der Waals surface area contributed by atoms with Crippen molar-refractivity contribution in [3.8, 4) is 0 Å². The molecule has 18 bridgehead atoms. The Morgan fingerprint density at radius 3 is 1.30 bits per heavy atom. The second kappa shape index (κ2) is 36.8. The van der Waals surface area contributed by atoms with Gasteiger partial charge in [-0.3, -0.25) is 14.4 Å². The predicted molar refractivity (Wildman–Crippen MR) is 416 cm³/mol. The van der Waals surface area contributed by atoms with Gasteiger partial charge in [0.05, 0.1) is 44.4 Å². The minimum absolute atomic E-state index is 0. The van der Waals surface area contributed by atoms with Crippen LogP contribution in [-0.4, -0.2) is 169 Å². The highest BCUT2D eigenvalue weighted by atomic mass is 19.3. The maximum absolute atomic E-state index is 13.2. The van der Waals surface area contributed by atoms with Crippen LogP contribution in [0.1, 0.15) is 266 Å². The van der Waals surface area contributed by atoms with Gasteiger partial charge in [-0.15, -0.1) is 0 Å². The number of benzene rings is 1. The number of cyclic esters (lactones) is 1. The van der Waals surface area contributed by atoms with E-state index in [4.69, 9.17) is 28.4 Å². The van der Waals surface area contributed by atoms with Crippen molar-refractivity contribution in [2.75, 3.05) is 33.0 Å². The average Bonchev–Trinajstić information content (AvgIpc) is 1.67. The maximum atomic E-state index is 13.2. The molecule has 22 rings (SSSR count). The van der Waals surface area contributed by atoms with E-state index in [2.05, 4.69) is 45.4 Å². The van der Waals surface area contributed by atoms with E-state index < -0.39 is 119 Å². The van der Waals surface area contributed by atoms with Gasteiger partial charge in [0.2, 0.25) is 0 Å². The monoisotopic (exact) mass is 1800 g/mol. The molecule has 125 heavy (non-hydrogen) atoms. The SMILES string of the molecule is C.CC(F)(F)C(=O)OC12CC3CC(C1)C(=O)C(C3)C2.CC(F)(F)C(=O)OC1C2CC3C(=O)OC1C3C2.CC(F)(F)C(=O)OC1COC(=O)C1.CC(F)(F)C(=O)OCC12CC3CC(CC(C3)C1)C2.CC(F)(F)C(=O)OCC12CC3CC(CC(O)(C3)C1)C2.CC(F)(F)C(=O)OCC1CCCCC1.Cc1ccc(C23CC4CC(CC(COC(=O)C(C)(F)F)(C4)C2)C3)cc1. The van der Waals surface area contributed by atoms with Crippen molar-refractivity contribution < 1.29 is 157 Å². The summed E-state index contributed by atoms with van der Waals surface area (Å²) >= 11 is 0. The number of ketones is 1. The number of ether oxygens (including phenoxy) is 9. The van der Waals surface area contributed by atoms with Crippen LogP contribution in [0.15, 0.2) is 24.3 Å². The predicted octanol–water partition coefficient (Wildman–Crippen LogP) is 18.3. The van der Waals surface area contributed by atoms with Crippen molar-refractivity contribution in [2.45, 2.75) is 338 Å². The van der Waals surface area contributed by atoms with E-state index in [1.165, 1.54) is 56.1 Å². The minimum Gasteiger partial charge on any atom is -0.462 e. The van der Waals surface area contributed by atoms with E-state index in [1.54, 1.807) is 0 Å². The van der Waals surface area contributed by atoms with Crippen molar-refractivity contribution in [3.05, 3.63) is 35.4 Å². The molecule has 1 aromatic carbocycles. The summed E-state index contributed by atoms with van der Waals surface area (Å²) in [5, 5.41) is 10.5. The molecule has 34 heteroatoms. The minimum atomic E-state index is -3.52. The number of Topliss-reactive ketones (excluding diaryl/α,β-unsaturated/α-hetero) is 1. The fourth-order valence-electron chi connectivity index (χ4n) is 25.8. The third-order valence-corrected chi connectivity index (χ3v) is 29.4. The van der Waals surface area contributed by atoms with E-state index >= 15 is 0 Å². The number of aryl methyl sites for hydroxylation is 1. The number of rotatable bonds is 19. The molecule has 20 nitrogen and oxygen atoms in total. The largest absolute Gasteiger partial charge is 0.462 e. The van der Waals surface area contributed by atoms with Crippen LogP contribution in [0.4, 0.5) is 61.5 Å². The topological polar surface area (TPSA) is 274 Å². The van der Waals surface area contributed by atoms with Gasteiger partial charge in [-0.2, -0.15) is 61.5 Å². The first-order chi connectivity index (χ1) is 57.3. The zero-order valence-corrected chi connectivity index (χ0v) is 71.6. The molecule has 1 aromatic rings. The van der Waals surface area contributed by atoms with E-state index in [-0.39, 0.29) is 116 Å². The molecule has 19 aliphatic carbocycles. The third kappa shape index (κ3) is 24.0. The number of halogens is 14. The fraction of sp³-hybridized carbons (Fsp3) is 0.824. The number of hydrogen-bond acceptors (Lipinski definition) is 20. The Morgan fingerprint density at radius 1 is 0.448 bits per heavy atom. The molecule has 0 spiro atoms. The van der Waals surface area contributed by atoms with Gasteiger partial charge in [0.15, 0.2) is 0 Å². The van der Waals surface area contributed by atoms with Gasteiger partial charge in [-0.1, -0.05) is 56.5 Å². The Hall–Kier alpha value is -6.90. The summed E-state index contributed by atoms with van der Waals surface area (Å²) in [4.78, 5) is 112. The van der Waals surface area contributed by atoms with Gasteiger partial charge in [0, 0.05) is 88.4 Å². The highest BCUT2D eigenvalue weighted by molar-refractivity contribution is 5.87. The molecule has 21 fully saturated rings. The quantitative estimate of drug-likeness (QED) is 0.0765. The summed E-state index contributed by atoms with van der Waals surface area (Å²) in [6.07, 6.45) is 26.6. The number of hydrogen-bond donors (Lipinski definition) is 1. The van der Waals surface area contributed by atoms with Gasteiger partial charge in [0.25, 0.3) is 0 Å². The van der Waals surface area contributed by atoms with E-state index in [9.17, 15) is 115 Å². The summed E-state index contributed by atoms with van der Waals surface area (Å²) in [7, 11) is 0. The lowest BCUT2D eigenvalue weighted by Gasteiger charge is -2.62. The lowest BCUT2D eigenvalue weighted by atomic mass is 9.43. The maximum Gasteiger partial charge on any atom is 0.377 e. The van der Waals surface area contributed by atoms with Gasteiger partial charge < -0.3 is 47.7 Å². The van der Waals surface area contributed by atoms with Crippen LogP contribution in [0.5, 0.6) is 0 Å². The Kier molecular flexibility index (Phi) is 29.1. The zero-order valence-electron chi connectivity index (χ0n) is 71.6. The van der Waals surface area contributed by atoms with Crippen molar-refractivity contribution in [3.63, 3.8) is 0 Å². The normalized spacial score (nSPS) is 36.5. The van der Waals surface area contributed by atoms with Crippen LogP contribution in [0.2, 0.25) is 0 Å². The molecule has 0 radical (unpaired) electrons. The lowest BCUT2D eigenvalue weighted by Crippen LogP contribution is -2.57. The number of alkyl halides is 14. The van der Waals surface area contributed by atoms with Crippen LogP contribution in [0, 0.1) is 106 Å². The molecule has 2 saturated heterocycles. The second-order valence-corrected chi connectivity index (χ2v) is 41.3. The fourth-order valence-corrected chi connectivity index (χ4v) is 25.8. The molecule has 0 amide bonds. The van der Waals surface area contributed by atoms with Crippen molar-refractivity contribution in [1.82, 2.24) is 0 Å². The molecule has 21 aliphatic rings. The standard InChI is InChI=1S/C21H26F2O2.C14H20F2O3.C14H20F2O2.C13H16F2O3.C11H12F2O4.C10H16F2O2.C7H8F2O4.CH4/c1-14-3-5-17(6-4-14)21-10-15-7-16(11-21)9-20(8-15,12-21)13-25-18(24)19(2,22)23;1-12(15,16)11(17)19-8-13-3-9-2-10(4-13)6-14(18,5-9)7-13;1-13(15,16)12(17)18-8-14-5-9-2-10(6-14)4-11(3-9)7-14;1-12(14,15)11(17)18-13-4-7-2-8(5-13)10(16)9(3-7)6-13;1-11(12,13)10(15)17-7-4-2-5-6(3-4)9(14)16-8(5)7;1-10(11,12)9(13)14-7-8-5-3-2-4-6-8;1-7(8,9)6(11)13-4-2-5(10)12-3-4;/h3-6,15-16H,7-13H2,1-2H3;9-10,18H,2-8H2,1H3;9-11H,2-8H2,1H3;7-9H,2-6H2,1H3;4-8H,2-3H2,1H3;8H,2-7H2,1H3;4H,2-3H2,1H3;1H4. The first-order valence-electron chi connectivity index (χ1n) is 44.0. The van der Waals surface area contributed by atoms with Crippen molar-refractivity contribution in [2.24, 2.45) is 99.1 Å². The van der Waals surface area contributed by atoms with Gasteiger partial charge in [-0.05, 0) is 245 Å². The highest BCUT2D eigenvalue weighted by Gasteiger charge is 2.66. The molecule has 2 aliphatic heterocycles. The molecular formula is C91H122F14O20. The molecule has 1 N–H and O–H groups in total. The average molecular weight is 1800 g/mol. The Morgan fingerprint density at radius 2 is 0.856 bits per heavy atom. The van der Waals surface area contributed by atoms with Crippen molar-refractivity contribution >= 4 is 59.5 Å². The third-order valence-electron chi connectivity index (χ3n) is 29.4. The summed E-state index contributed by atoms with van der Waals surface area (Å²) < 4.78 is 221. The number of fused-ring (bicyclic) bond motifs is 1. The van der Waals surface area contributed by atoms with Gasteiger partial charge in [-0.25, -0.2) is 33.6 Å². The molecule has 704 valence electrons. The zero-order chi connectivity index (χ0) is 90.9. The van der Waals surface area contributed by atoms with Gasteiger partial charge >= 0.3 is 95.2 Å². The van der Waals surface area contributed by atoms with Crippen LogP contribution in [0.3, 0.4) is 0 Å². The first kappa shape index (κ1) is 98.7. The molecule has 0 aromatic heterocycles. The van der Waals surface area contributed by atoms with E-state index in [0.717, 1.165) is 133 Å². The van der Waals surface area contributed by atoms with E-state index in [1.807, 2.05) is 0 Å². The number of aliphatic hydroxyl groups is 1. The lowest BCUT2D eigenvalue weighted by molar-refractivity contribution is -0.207. The summed E-state index contributed by atoms with van der Waals surface area (Å²) in [6.45, 7) is 6.34. The smallest absolute Gasteiger partial charge is 0.377 e. The number of esters is 9. The van der Waals surface area contributed by atoms with Crippen LogP contribution >= 0.6 is 0 Å². The first-order valence-corrected chi connectivity index (χ1v) is 44.0. The Labute approximate surface area is 719 Å². The van der Waals surface area contributed by atoms with E-state index in [0.29, 0.717) is 110 Å². The van der Waals surface area contributed by atoms with Crippen LogP contribution in [0.25, 0.3) is 0 Å². The van der Waals surface area contributed by atoms with Crippen LogP contribution in [-0.2, 0) is 96.0 Å². The highest BCUT2D eigenvalue weighted by Crippen LogP contribution is 2.67. The molecular weight excluding hydrogens is 1680 g/mol. The molecule has 2 heterocycles. The van der Waals surface area contributed by atoms with Gasteiger partial charge in [0.1, 0.15) is 36.3 Å². The summed E-state index contributed by atoms with van der Waals surface area (Å²) in [5.41, 5.74) is 0.974. The molecule has 12 atom stereocenters. The summed E-state index contributed by atoms with van der Waals surface area (Å²) in [5.74, 6) is -29.9. The Balaban J connectivity index is 0.000000143. The van der Waals surface area contributed by atoms with Crippen molar-refractivity contribution in [1.29, 1.82) is 0 Å². The second-order valence-electron chi connectivity index (χ2n) is 41.3. The number of carbonyl (C=O) groups is 10. The number of carbonyl (C=O) groups excluding carboxylic acids is 10. The van der Waals surface area contributed by atoms with Crippen LogP contribution < -0.4 is 0 Å².